The summed E-state index contributed by atoms with van der Waals surface area (Å²) in [4.78, 5) is 0. The molecule has 1 N–H and O–H groups in total. The van der Waals surface area contributed by atoms with Gasteiger partial charge in [-0.2, -0.15) is 0 Å². The Morgan fingerprint density at radius 1 is 0.742 bits per heavy atom. The van der Waals surface area contributed by atoms with Gasteiger partial charge in [0.15, 0.2) is 0 Å². The molecule has 180 valence electrons. The minimum Gasteiger partial charge on any atom is -0.393 e. The molecule has 0 spiro atoms. The summed E-state index contributed by atoms with van der Waals surface area (Å²) in [6.07, 6.45) is 15.0. The molecule has 0 heterocycles. The second-order valence-corrected chi connectivity index (χ2v) is 14.5. The Morgan fingerprint density at radius 3 is 2.10 bits per heavy atom. The monoisotopic (exact) mass is 430 g/mol. The van der Waals surface area contributed by atoms with E-state index in [1.165, 1.54) is 64.2 Å². The second kappa shape index (κ2) is 8.02. The minimum atomic E-state index is -0.103. The van der Waals surface area contributed by atoms with Gasteiger partial charge in [-0.3, -0.25) is 0 Å². The van der Waals surface area contributed by atoms with Crippen LogP contribution in [-0.4, -0.2) is 11.2 Å². The first-order valence-corrected chi connectivity index (χ1v) is 14.1. The summed E-state index contributed by atoms with van der Waals surface area (Å²) >= 11 is 0. The van der Waals surface area contributed by atoms with Crippen LogP contribution < -0.4 is 0 Å². The van der Waals surface area contributed by atoms with Crippen molar-refractivity contribution in [2.45, 2.75) is 132 Å². The van der Waals surface area contributed by atoms with Crippen molar-refractivity contribution in [3.8, 4) is 0 Å². The average Bonchev–Trinajstić information content (AvgIpc) is 2.96. The van der Waals surface area contributed by atoms with Crippen LogP contribution in [-0.2, 0) is 0 Å². The molecular formula is C30H54O. The third kappa shape index (κ3) is 3.49. The van der Waals surface area contributed by atoms with Gasteiger partial charge in [0, 0.05) is 0 Å². The maximum absolute atomic E-state index is 10.8. The normalized spacial score (nSPS) is 49.9. The molecule has 0 aromatic heterocycles. The van der Waals surface area contributed by atoms with Crippen molar-refractivity contribution >= 4 is 0 Å². The molecule has 4 fully saturated rings. The Balaban J connectivity index is 1.56. The van der Waals surface area contributed by atoms with Gasteiger partial charge < -0.3 is 5.11 Å². The van der Waals surface area contributed by atoms with Gasteiger partial charge in [0.25, 0.3) is 0 Å². The van der Waals surface area contributed by atoms with E-state index in [9.17, 15) is 5.11 Å². The van der Waals surface area contributed by atoms with Gasteiger partial charge in [0.05, 0.1) is 6.10 Å². The molecule has 0 aromatic carbocycles. The minimum absolute atomic E-state index is 0.0861. The molecular weight excluding hydrogens is 376 g/mol. The van der Waals surface area contributed by atoms with Gasteiger partial charge in [-0.1, -0.05) is 74.7 Å². The second-order valence-electron chi connectivity index (χ2n) is 14.5. The molecule has 4 aliphatic carbocycles. The van der Waals surface area contributed by atoms with Crippen molar-refractivity contribution in [3.05, 3.63) is 0 Å². The molecule has 0 amide bonds. The fraction of sp³-hybridized carbons (Fsp3) is 1.00. The quantitative estimate of drug-likeness (QED) is 0.463. The molecule has 3 unspecified atom stereocenters. The van der Waals surface area contributed by atoms with Crippen molar-refractivity contribution in [1.82, 2.24) is 0 Å². The maximum Gasteiger partial charge on any atom is 0.0594 e. The molecule has 0 bridgehead atoms. The van der Waals surface area contributed by atoms with Crippen LogP contribution in [0.4, 0.5) is 0 Å². The molecule has 0 radical (unpaired) electrons. The third-order valence-electron chi connectivity index (χ3n) is 12.6. The molecule has 4 saturated carbocycles. The Morgan fingerprint density at radius 2 is 1.42 bits per heavy atom. The highest BCUT2D eigenvalue weighted by Gasteiger charge is 2.67. The zero-order valence-electron chi connectivity index (χ0n) is 22.3. The van der Waals surface area contributed by atoms with Crippen LogP contribution in [0.5, 0.6) is 0 Å². The first-order chi connectivity index (χ1) is 14.4. The van der Waals surface area contributed by atoms with Crippen LogP contribution in [0, 0.1) is 57.2 Å². The Hall–Kier alpha value is -0.0400. The van der Waals surface area contributed by atoms with Crippen LogP contribution in [0.2, 0.25) is 0 Å². The molecule has 1 heteroatoms. The molecule has 31 heavy (non-hydrogen) atoms. The van der Waals surface area contributed by atoms with Crippen molar-refractivity contribution in [3.63, 3.8) is 0 Å². The summed E-state index contributed by atoms with van der Waals surface area (Å²) in [5, 5.41) is 10.8. The smallest absolute Gasteiger partial charge is 0.0594 e. The maximum atomic E-state index is 10.8. The number of hydrogen-bond donors (Lipinski definition) is 1. The zero-order valence-corrected chi connectivity index (χ0v) is 22.3. The Bertz CT molecular complexity index is 651. The van der Waals surface area contributed by atoms with Crippen molar-refractivity contribution in [1.29, 1.82) is 0 Å². The van der Waals surface area contributed by atoms with Crippen molar-refractivity contribution in [2.24, 2.45) is 57.2 Å². The first kappa shape index (κ1) is 24.1. The lowest BCUT2D eigenvalue weighted by atomic mass is 9.38. The predicted octanol–water partition coefficient (Wildman–Crippen LogP) is 8.49. The number of rotatable bonds is 5. The van der Waals surface area contributed by atoms with Crippen molar-refractivity contribution < 1.29 is 5.11 Å². The lowest BCUT2D eigenvalue weighted by Crippen LogP contribution is -2.61. The summed E-state index contributed by atoms with van der Waals surface area (Å²) in [7, 11) is 0. The van der Waals surface area contributed by atoms with Gasteiger partial charge >= 0.3 is 0 Å². The molecule has 4 aliphatic rings. The van der Waals surface area contributed by atoms with Crippen LogP contribution in [0.15, 0.2) is 0 Å². The van der Waals surface area contributed by atoms with E-state index in [1.54, 1.807) is 0 Å². The largest absolute Gasteiger partial charge is 0.393 e. The van der Waals surface area contributed by atoms with E-state index in [-0.39, 0.29) is 11.5 Å². The van der Waals surface area contributed by atoms with Gasteiger partial charge in [0.2, 0.25) is 0 Å². The number of aliphatic hydroxyl groups excluding tert-OH is 1. The summed E-state index contributed by atoms with van der Waals surface area (Å²) in [5.41, 5.74) is 1.60. The van der Waals surface area contributed by atoms with E-state index in [1.807, 2.05) is 0 Å². The first-order valence-electron chi connectivity index (χ1n) is 14.1. The van der Waals surface area contributed by atoms with Gasteiger partial charge in [0.1, 0.15) is 0 Å². The standard InChI is InChI=1S/C30H54O/c1-20(2)10-9-11-21(3)22-14-18-30(8)24-12-13-25-27(4,5)26(31)16-17-28(25,6)23(24)15-19-29(22,30)7/h20-26,31H,9-19H2,1-8H3/t21-,22-,23?,24?,25+,26?,28-,29-,30+/m1/s1. The molecule has 0 saturated heterocycles. The lowest BCUT2D eigenvalue weighted by molar-refractivity contribution is -0.200. The van der Waals surface area contributed by atoms with Crippen LogP contribution in [0.1, 0.15) is 126 Å². The summed E-state index contributed by atoms with van der Waals surface area (Å²) in [6, 6.07) is 0. The number of aliphatic hydroxyl groups is 1. The molecule has 0 aromatic rings. The fourth-order valence-corrected chi connectivity index (χ4v) is 10.5. The van der Waals surface area contributed by atoms with E-state index >= 15 is 0 Å². The highest BCUT2D eigenvalue weighted by atomic mass is 16.3. The van der Waals surface area contributed by atoms with E-state index in [0.29, 0.717) is 22.2 Å². The van der Waals surface area contributed by atoms with E-state index in [2.05, 4.69) is 55.4 Å². The molecule has 0 aliphatic heterocycles. The lowest BCUT2D eigenvalue weighted by Gasteiger charge is -2.67. The van der Waals surface area contributed by atoms with Gasteiger partial charge in [-0.25, -0.2) is 0 Å². The van der Waals surface area contributed by atoms with Crippen LogP contribution in [0.3, 0.4) is 0 Å². The van der Waals surface area contributed by atoms with E-state index < -0.39 is 0 Å². The molecule has 4 rings (SSSR count). The third-order valence-corrected chi connectivity index (χ3v) is 12.6. The summed E-state index contributed by atoms with van der Waals surface area (Å²) in [6.45, 7) is 20.2. The number of fused-ring (bicyclic) bond motifs is 5. The van der Waals surface area contributed by atoms with Gasteiger partial charge in [-0.15, -0.1) is 0 Å². The predicted molar refractivity (Wildman–Crippen MR) is 133 cm³/mol. The molecule has 9 atom stereocenters. The van der Waals surface area contributed by atoms with E-state index in [0.717, 1.165) is 36.0 Å². The zero-order chi connectivity index (χ0) is 22.8. The SMILES string of the molecule is CC(C)CCC[C@@H](C)[C@H]1CC[C@@]2(C)C3CC[C@H]4C(C)(C)C(O)CC[C@]4(C)C3CC[C@]12C. The van der Waals surface area contributed by atoms with Crippen LogP contribution >= 0.6 is 0 Å². The van der Waals surface area contributed by atoms with E-state index in [4.69, 9.17) is 0 Å². The summed E-state index contributed by atoms with van der Waals surface area (Å²) < 4.78 is 0. The van der Waals surface area contributed by atoms with Crippen molar-refractivity contribution in [2.75, 3.05) is 0 Å². The average molecular weight is 431 g/mol. The summed E-state index contributed by atoms with van der Waals surface area (Å²) in [5.74, 6) is 5.16. The topological polar surface area (TPSA) is 20.2 Å². The number of hydrogen-bond acceptors (Lipinski definition) is 1. The highest BCUT2D eigenvalue weighted by molar-refractivity contribution is 5.16. The Kier molecular flexibility index (Phi) is 6.24. The van der Waals surface area contributed by atoms with Gasteiger partial charge in [-0.05, 0) is 109 Å². The fourth-order valence-electron chi connectivity index (χ4n) is 10.5. The highest BCUT2D eigenvalue weighted by Crippen LogP contribution is 2.74. The Labute approximate surface area is 194 Å². The van der Waals surface area contributed by atoms with Crippen LogP contribution in [0.25, 0.3) is 0 Å². The molecule has 1 nitrogen and oxygen atoms in total.